The fourth-order valence-electron chi connectivity index (χ4n) is 2.78. The third-order valence-corrected chi connectivity index (χ3v) is 6.38. The summed E-state index contributed by atoms with van der Waals surface area (Å²) in [5.74, 6) is 0.735. The van der Waals surface area contributed by atoms with E-state index in [1.54, 1.807) is 34.5 Å². The predicted molar refractivity (Wildman–Crippen MR) is 110 cm³/mol. The van der Waals surface area contributed by atoms with Gasteiger partial charge in [-0.25, -0.2) is 13.4 Å². The monoisotopic (exact) mass is 443 g/mol. The van der Waals surface area contributed by atoms with E-state index < -0.39 is 9.84 Å². The van der Waals surface area contributed by atoms with Gasteiger partial charge in [-0.05, 0) is 24.3 Å². The van der Waals surface area contributed by atoms with Gasteiger partial charge in [0.15, 0.2) is 0 Å². The van der Waals surface area contributed by atoms with Crippen LogP contribution in [0.15, 0.2) is 29.6 Å². The number of carbonyl (C=O) groups is 1. The highest BCUT2D eigenvalue weighted by molar-refractivity contribution is 7.90. The largest absolute Gasteiger partial charge is 0.486 e. The van der Waals surface area contributed by atoms with Gasteiger partial charge in [-0.1, -0.05) is 11.6 Å². The van der Waals surface area contributed by atoms with Crippen molar-refractivity contribution in [3.8, 4) is 5.75 Å². The molecule has 152 valence electrons. The lowest BCUT2D eigenvalue weighted by molar-refractivity contribution is 0.0638. The molecule has 2 heterocycles. The van der Waals surface area contributed by atoms with E-state index in [1.165, 1.54) is 17.6 Å². The molecule has 0 spiro atoms. The number of carbonyl (C=O) groups excluding carboxylic acids is 1. The van der Waals surface area contributed by atoms with Gasteiger partial charge in [-0.15, -0.1) is 11.3 Å². The summed E-state index contributed by atoms with van der Waals surface area (Å²) in [6.45, 7) is 3.26. The van der Waals surface area contributed by atoms with Crippen LogP contribution < -0.4 is 4.74 Å². The summed E-state index contributed by atoms with van der Waals surface area (Å²) in [6, 6.07) is 7.07. The van der Waals surface area contributed by atoms with E-state index in [1.807, 2.05) is 0 Å². The summed E-state index contributed by atoms with van der Waals surface area (Å²) in [6.07, 6.45) is 1.24. The van der Waals surface area contributed by atoms with Crippen LogP contribution in [0.1, 0.15) is 15.5 Å². The highest BCUT2D eigenvalue weighted by Gasteiger charge is 2.24. The lowest BCUT2D eigenvalue weighted by Gasteiger charge is -2.34. The molecular formula is C18H22ClN3O4S2. The smallest absolute Gasteiger partial charge is 0.273 e. The molecule has 7 nitrogen and oxygen atoms in total. The first kappa shape index (κ1) is 21.0. The Morgan fingerprint density at radius 1 is 1.21 bits per heavy atom. The maximum atomic E-state index is 12.6. The van der Waals surface area contributed by atoms with Crippen LogP contribution >= 0.6 is 22.9 Å². The molecule has 1 fully saturated rings. The zero-order chi connectivity index (χ0) is 20.1. The van der Waals surface area contributed by atoms with Gasteiger partial charge in [0.25, 0.3) is 5.91 Å². The van der Waals surface area contributed by atoms with E-state index in [0.29, 0.717) is 55.8 Å². The van der Waals surface area contributed by atoms with Crippen LogP contribution in [0.4, 0.5) is 0 Å². The number of sulfone groups is 1. The fourth-order valence-corrected chi connectivity index (χ4v) is 4.18. The van der Waals surface area contributed by atoms with Gasteiger partial charge >= 0.3 is 0 Å². The Labute approximate surface area is 173 Å². The number of aromatic nitrogens is 1. The van der Waals surface area contributed by atoms with Gasteiger partial charge in [0.05, 0.1) is 5.75 Å². The van der Waals surface area contributed by atoms with Crippen molar-refractivity contribution in [2.75, 3.05) is 44.7 Å². The number of hydrogen-bond donors (Lipinski definition) is 0. The highest BCUT2D eigenvalue weighted by Crippen LogP contribution is 2.19. The third kappa shape index (κ3) is 6.16. The summed E-state index contributed by atoms with van der Waals surface area (Å²) in [5, 5.41) is 3.12. The number of nitrogens with zero attached hydrogens (tertiary/aromatic N) is 3. The number of amides is 1. The van der Waals surface area contributed by atoms with Crippen LogP contribution in [-0.2, 0) is 16.4 Å². The molecule has 0 bridgehead atoms. The van der Waals surface area contributed by atoms with Crippen molar-refractivity contribution >= 4 is 38.7 Å². The molecule has 2 aromatic rings. The van der Waals surface area contributed by atoms with Gasteiger partial charge in [0, 0.05) is 49.4 Å². The van der Waals surface area contributed by atoms with E-state index in [4.69, 9.17) is 16.3 Å². The van der Waals surface area contributed by atoms with Gasteiger partial charge < -0.3 is 9.64 Å². The first-order chi connectivity index (χ1) is 13.3. The van der Waals surface area contributed by atoms with Crippen molar-refractivity contribution in [3.05, 3.63) is 45.4 Å². The quantitative estimate of drug-likeness (QED) is 0.652. The highest BCUT2D eigenvalue weighted by atomic mass is 35.5. The second-order valence-electron chi connectivity index (χ2n) is 6.63. The van der Waals surface area contributed by atoms with E-state index in [0.717, 1.165) is 5.01 Å². The van der Waals surface area contributed by atoms with Gasteiger partial charge in [0.1, 0.15) is 32.9 Å². The molecule has 1 aromatic heterocycles. The average molecular weight is 444 g/mol. The lowest BCUT2D eigenvalue weighted by Crippen LogP contribution is -2.49. The molecule has 1 saturated heterocycles. The SMILES string of the molecule is CS(=O)(=O)CCN1CCN(C(=O)c2csc(COc3ccc(Cl)cc3)n2)CC1. The lowest BCUT2D eigenvalue weighted by atomic mass is 10.3. The van der Waals surface area contributed by atoms with E-state index in [-0.39, 0.29) is 11.7 Å². The summed E-state index contributed by atoms with van der Waals surface area (Å²) < 4.78 is 28.2. The zero-order valence-electron chi connectivity index (χ0n) is 15.5. The van der Waals surface area contributed by atoms with Crippen LogP contribution in [0, 0.1) is 0 Å². The molecule has 10 heteroatoms. The van der Waals surface area contributed by atoms with Crippen LogP contribution in [0.5, 0.6) is 5.75 Å². The Bertz CT molecular complexity index is 907. The number of piperazine rings is 1. The van der Waals surface area contributed by atoms with Gasteiger partial charge in [-0.2, -0.15) is 0 Å². The molecule has 1 aliphatic rings. The summed E-state index contributed by atoms with van der Waals surface area (Å²) in [7, 11) is -2.97. The van der Waals surface area contributed by atoms with Crippen LogP contribution in [0.25, 0.3) is 0 Å². The summed E-state index contributed by atoms with van der Waals surface area (Å²) in [4.78, 5) is 20.9. The van der Waals surface area contributed by atoms with E-state index in [9.17, 15) is 13.2 Å². The molecule has 3 rings (SSSR count). The molecule has 1 amide bonds. The van der Waals surface area contributed by atoms with Crippen molar-refractivity contribution < 1.29 is 17.9 Å². The number of ether oxygens (including phenoxy) is 1. The van der Waals surface area contributed by atoms with Crippen molar-refractivity contribution in [1.29, 1.82) is 0 Å². The predicted octanol–water partition coefficient (Wildman–Crippen LogP) is 2.18. The molecule has 1 aliphatic heterocycles. The van der Waals surface area contributed by atoms with Crippen LogP contribution in [0.3, 0.4) is 0 Å². The molecule has 0 unspecified atom stereocenters. The minimum atomic E-state index is -2.97. The minimum absolute atomic E-state index is 0.100. The summed E-state index contributed by atoms with van der Waals surface area (Å²) >= 11 is 7.24. The fraction of sp³-hybridized carbons (Fsp3) is 0.444. The van der Waals surface area contributed by atoms with Crippen molar-refractivity contribution in [2.24, 2.45) is 0 Å². The Morgan fingerprint density at radius 3 is 2.54 bits per heavy atom. The molecule has 0 saturated carbocycles. The first-order valence-electron chi connectivity index (χ1n) is 8.82. The third-order valence-electron chi connectivity index (χ3n) is 4.38. The molecular weight excluding hydrogens is 422 g/mol. The standard InChI is InChI=1S/C18H22ClN3O4S2/c1-28(24,25)11-10-21-6-8-22(9-7-21)18(23)16-13-27-17(20-16)12-26-15-4-2-14(19)3-5-15/h2-5,13H,6-12H2,1H3. The maximum absolute atomic E-state index is 12.6. The molecule has 0 N–H and O–H groups in total. The normalized spacial score (nSPS) is 15.6. The molecule has 28 heavy (non-hydrogen) atoms. The summed E-state index contributed by atoms with van der Waals surface area (Å²) in [5.41, 5.74) is 0.421. The number of rotatable bonds is 7. The van der Waals surface area contributed by atoms with Gasteiger partial charge in [-0.3, -0.25) is 9.69 Å². The number of thiazole rings is 1. The van der Waals surface area contributed by atoms with Crippen molar-refractivity contribution in [2.45, 2.75) is 6.61 Å². The number of hydrogen-bond acceptors (Lipinski definition) is 7. The Morgan fingerprint density at radius 2 is 1.89 bits per heavy atom. The zero-order valence-corrected chi connectivity index (χ0v) is 17.9. The topological polar surface area (TPSA) is 79.8 Å². The Hall–Kier alpha value is -1.68. The maximum Gasteiger partial charge on any atom is 0.273 e. The molecule has 1 aromatic carbocycles. The average Bonchev–Trinajstić information content (AvgIpc) is 3.14. The first-order valence-corrected chi connectivity index (χ1v) is 12.1. The van der Waals surface area contributed by atoms with E-state index in [2.05, 4.69) is 9.88 Å². The minimum Gasteiger partial charge on any atom is -0.486 e. The van der Waals surface area contributed by atoms with Crippen LogP contribution in [-0.4, -0.2) is 73.8 Å². The molecule has 0 atom stereocenters. The molecule has 0 aliphatic carbocycles. The Balaban J connectivity index is 1.48. The number of benzene rings is 1. The van der Waals surface area contributed by atoms with Crippen LogP contribution in [0.2, 0.25) is 5.02 Å². The van der Waals surface area contributed by atoms with Crippen molar-refractivity contribution in [3.63, 3.8) is 0 Å². The van der Waals surface area contributed by atoms with E-state index >= 15 is 0 Å². The second kappa shape index (κ2) is 9.21. The molecule has 0 radical (unpaired) electrons. The Kier molecular flexibility index (Phi) is 6.92. The van der Waals surface area contributed by atoms with Crippen molar-refractivity contribution in [1.82, 2.24) is 14.8 Å². The van der Waals surface area contributed by atoms with Gasteiger partial charge in [0.2, 0.25) is 0 Å². The second-order valence-corrected chi connectivity index (χ2v) is 10.3. The number of halogens is 1.